The Bertz CT molecular complexity index is 845. The minimum Gasteiger partial charge on any atom is -0.487 e. The van der Waals surface area contributed by atoms with Crippen LogP contribution in [-0.4, -0.2) is 39.9 Å². The second kappa shape index (κ2) is 7.65. The number of rotatable bonds is 5. The van der Waals surface area contributed by atoms with Crippen LogP contribution in [0, 0.1) is 10.1 Å². The average Bonchev–Trinajstić information content (AvgIpc) is 3.09. The van der Waals surface area contributed by atoms with Gasteiger partial charge in [0, 0.05) is 25.6 Å². The Balaban J connectivity index is 1.61. The van der Waals surface area contributed by atoms with Gasteiger partial charge in [0.2, 0.25) is 0 Å². The van der Waals surface area contributed by atoms with Crippen molar-refractivity contribution in [2.24, 2.45) is 4.99 Å². The number of hydrogen-bond donors (Lipinski definition) is 2. The van der Waals surface area contributed by atoms with Crippen molar-refractivity contribution in [3.63, 3.8) is 0 Å². The molecule has 0 saturated carbocycles. The number of hydrogen-bond acceptors (Lipinski definition) is 5. The summed E-state index contributed by atoms with van der Waals surface area (Å²) in [6, 6.07) is 8.07. The van der Waals surface area contributed by atoms with Gasteiger partial charge in [-0.3, -0.25) is 19.8 Å². The van der Waals surface area contributed by atoms with Gasteiger partial charge in [0.15, 0.2) is 5.96 Å². The summed E-state index contributed by atoms with van der Waals surface area (Å²) in [7, 11) is 1.71. The van der Waals surface area contributed by atoms with Crippen molar-refractivity contribution >= 4 is 11.6 Å². The van der Waals surface area contributed by atoms with E-state index < -0.39 is 4.92 Å². The number of ether oxygens (including phenoxy) is 1. The first kappa shape index (κ1) is 18.7. The molecule has 0 radical (unpaired) electrons. The average molecular weight is 372 g/mol. The molecule has 1 aromatic carbocycles. The molecule has 0 bridgehead atoms. The fourth-order valence-electron chi connectivity index (χ4n) is 3.15. The second-order valence-corrected chi connectivity index (χ2v) is 7.02. The standard InChI is InChI=1S/C18H24N6O3/c1-18(2)10-15(14-6-4-5-7-16(14)27-18)22-17(19-3)20-8-9-23-12-13(11-21-23)24(25)26/h4-7,11-12,15H,8-10H2,1-3H3,(H2,19,20,22). The molecular formula is C18H24N6O3. The van der Waals surface area contributed by atoms with Gasteiger partial charge in [-0.25, -0.2) is 0 Å². The predicted molar refractivity (Wildman–Crippen MR) is 102 cm³/mol. The molecule has 3 rings (SSSR count). The number of aromatic nitrogens is 2. The van der Waals surface area contributed by atoms with E-state index in [1.54, 1.807) is 7.05 Å². The zero-order valence-electron chi connectivity index (χ0n) is 15.7. The van der Waals surface area contributed by atoms with Gasteiger partial charge < -0.3 is 15.4 Å². The number of fused-ring (bicyclic) bond motifs is 1. The van der Waals surface area contributed by atoms with Crippen LogP contribution in [0.5, 0.6) is 5.75 Å². The van der Waals surface area contributed by atoms with Crippen molar-refractivity contribution in [3.8, 4) is 5.75 Å². The summed E-state index contributed by atoms with van der Waals surface area (Å²) in [5, 5.41) is 21.4. The van der Waals surface area contributed by atoms with Crippen LogP contribution in [0.2, 0.25) is 0 Å². The first-order valence-corrected chi connectivity index (χ1v) is 8.80. The molecule has 0 amide bonds. The van der Waals surface area contributed by atoms with Gasteiger partial charge >= 0.3 is 5.69 Å². The smallest absolute Gasteiger partial charge is 0.306 e. The zero-order chi connectivity index (χ0) is 19.4. The van der Waals surface area contributed by atoms with Crippen molar-refractivity contribution in [3.05, 3.63) is 52.3 Å². The lowest BCUT2D eigenvalue weighted by Crippen LogP contribution is -2.45. The van der Waals surface area contributed by atoms with Gasteiger partial charge in [-0.15, -0.1) is 0 Å². The van der Waals surface area contributed by atoms with Gasteiger partial charge in [0.1, 0.15) is 23.7 Å². The Kier molecular flexibility index (Phi) is 5.29. The number of aliphatic imine (C=N–C) groups is 1. The second-order valence-electron chi connectivity index (χ2n) is 7.02. The fourth-order valence-corrected chi connectivity index (χ4v) is 3.15. The van der Waals surface area contributed by atoms with Gasteiger partial charge in [-0.05, 0) is 19.9 Å². The van der Waals surface area contributed by atoms with Crippen LogP contribution in [0.15, 0.2) is 41.7 Å². The SMILES string of the molecule is CN=C(NCCn1cc([N+](=O)[O-])cn1)NC1CC(C)(C)Oc2ccccc21. The Morgan fingerprint density at radius 3 is 2.96 bits per heavy atom. The van der Waals surface area contributed by atoms with E-state index in [2.05, 4.69) is 40.6 Å². The van der Waals surface area contributed by atoms with E-state index in [9.17, 15) is 10.1 Å². The van der Waals surface area contributed by atoms with E-state index in [1.165, 1.54) is 17.1 Å². The maximum absolute atomic E-state index is 10.7. The van der Waals surface area contributed by atoms with Crippen LogP contribution in [0.25, 0.3) is 0 Å². The highest BCUT2D eigenvalue weighted by Crippen LogP contribution is 2.39. The molecule has 1 aliphatic heterocycles. The predicted octanol–water partition coefficient (Wildman–Crippen LogP) is 2.26. The first-order chi connectivity index (χ1) is 12.9. The Labute approximate surface area is 157 Å². The highest BCUT2D eigenvalue weighted by molar-refractivity contribution is 5.80. The third kappa shape index (κ3) is 4.55. The van der Waals surface area contributed by atoms with Gasteiger partial charge in [-0.1, -0.05) is 18.2 Å². The third-order valence-electron chi connectivity index (χ3n) is 4.37. The number of nitro groups is 1. The summed E-state index contributed by atoms with van der Waals surface area (Å²) < 4.78 is 7.59. The van der Waals surface area contributed by atoms with Crippen LogP contribution in [0.4, 0.5) is 5.69 Å². The molecule has 9 heteroatoms. The van der Waals surface area contributed by atoms with Crippen molar-refractivity contribution < 1.29 is 9.66 Å². The number of guanidine groups is 1. The zero-order valence-corrected chi connectivity index (χ0v) is 15.7. The molecule has 0 aliphatic carbocycles. The molecule has 0 saturated heterocycles. The van der Waals surface area contributed by atoms with E-state index in [0.29, 0.717) is 19.0 Å². The third-order valence-corrected chi connectivity index (χ3v) is 4.37. The van der Waals surface area contributed by atoms with Crippen molar-refractivity contribution in [2.45, 2.75) is 38.5 Å². The number of nitrogens with one attached hydrogen (secondary N) is 2. The molecular weight excluding hydrogens is 348 g/mol. The maximum Gasteiger partial charge on any atom is 0.306 e. The van der Waals surface area contributed by atoms with Crippen molar-refractivity contribution in [1.82, 2.24) is 20.4 Å². The van der Waals surface area contributed by atoms with Crippen molar-refractivity contribution in [1.29, 1.82) is 0 Å². The summed E-state index contributed by atoms with van der Waals surface area (Å²) in [5.41, 5.74) is 0.805. The Hall–Kier alpha value is -3.10. The van der Waals surface area contributed by atoms with Gasteiger partial charge in [0.25, 0.3) is 0 Å². The molecule has 1 atom stereocenters. The Morgan fingerprint density at radius 2 is 2.26 bits per heavy atom. The molecule has 144 valence electrons. The van der Waals surface area contributed by atoms with Gasteiger partial charge in [0.05, 0.1) is 17.5 Å². The lowest BCUT2D eigenvalue weighted by atomic mass is 9.90. The maximum atomic E-state index is 10.7. The highest BCUT2D eigenvalue weighted by Gasteiger charge is 2.33. The summed E-state index contributed by atoms with van der Waals surface area (Å²) in [6.07, 6.45) is 3.46. The minimum atomic E-state index is -0.457. The summed E-state index contributed by atoms with van der Waals surface area (Å²) >= 11 is 0. The quantitative estimate of drug-likeness (QED) is 0.361. The molecule has 1 unspecified atom stereocenters. The monoisotopic (exact) mass is 372 g/mol. The van der Waals surface area contributed by atoms with Crippen LogP contribution in [-0.2, 0) is 6.54 Å². The van der Waals surface area contributed by atoms with Gasteiger partial charge in [-0.2, -0.15) is 5.10 Å². The van der Waals surface area contributed by atoms with Crippen LogP contribution >= 0.6 is 0 Å². The van der Waals surface area contributed by atoms with E-state index in [-0.39, 0.29) is 17.3 Å². The lowest BCUT2D eigenvalue weighted by molar-refractivity contribution is -0.385. The number of nitrogens with zero attached hydrogens (tertiary/aromatic N) is 4. The Morgan fingerprint density at radius 1 is 1.48 bits per heavy atom. The molecule has 2 aromatic rings. The number of para-hydroxylation sites is 1. The van der Waals surface area contributed by atoms with E-state index in [4.69, 9.17) is 4.74 Å². The minimum absolute atomic E-state index is 0.0152. The molecule has 2 heterocycles. The summed E-state index contributed by atoms with van der Waals surface area (Å²) in [4.78, 5) is 14.5. The van der Waals surface area contributed by atoms with Crippen LogP contribution < -0.4 is 15.4 Å². The molecule has 0 fully saturated rings. The molecule has 9 nitrogen and oxygen atoms in total. The normalized spacial score (nSPS) is 18.3. The molecule has 27 heavy (non-hydrogen) atoms. The van der Waals surface area contributed by atoms with Crippen LogP contribution in [0.3, 0.4) is 0 Å². The summed E-state index contributed by atoms with van der Waals surface area (Å²) in [6.45, 7) is 5.16. The molecule has 0 spiro atoms. The highest BCUT2D eigenvalue weighted by atomic mass is 16.6. The van der Waals surface area contributed by atoms with Crippen molar-refractivity contribution in [2.75, 3.05) is 13.6 Å². The molecule has 1 aromatic heterocycles. The molecule has 1 aliphatic rings. The number of benzene rings is 1. The summed E-state index contributed by atoms with van der Waals surface area (Å²) in [5.74, 6) is 1.54. The van der Waals surface area contributed by atoms with Crippen LogP contribution in [0.1, 0.15) is 31.9 Å². The lowest BCUT2D eigenvalue weighted by Gasteiger charge is -2.38. The first-order valence-electron chi connectivity index (χ1n) is 8.80. The van der Waals surface area contributed by atoms with E-state index >= 15 is 0 Å². The fraction of sp³-hybridized carbons (Fsp3) is 0.444. The largest absolute Gasteiger partial charge is 0.487 e. The molecule has 2 N–H and O–H groups in total. The topological polar surface area (TPSA) is 107 Å². The van der Waals surface area contributed by atoms with E-state index in [0.717, 1.165) is 17.7 Å². The van der Waals surface area contributed by atoms with E-state index in [1.807, 2.05) is 18.2 Å².